The average molecular weight is 189 g/mol. The van der Waals surface area contributed by atoms with E-state index in [2.05, 4.69) is 0 Å². The Hall–Kier alpha value is -1.30. The molecule has 0 bridgehead atoms. The van der Waals surface area contributed by atoms with Crippen LogP contribution < -0.4 is 0 Å². The summed E-state index contributed by atoms with van der Waals surface area (Å²) in [5, 5.41) is 26.0. The van der Waals surface area contributed by atoms with Gasteiger partial charge in [-0.25, -0.2) is 9.59 Å². The lowest BCUT2D eigenvalue weighted by Crippen LogP contribution is -2.39. The maximum atomic E-state index is 10.6. The molecule has 3 N–H and O–H groups in total. The van der Waals surface area contributed by atoms with Crippen molar-refractivity contribution in [3.05, 3.63) is 0 Å². The van der Waals surface area contributed by atoms with Crippen molar-refractivity contribution < 1.29 is 24.9 Å². The molecule has 2 atom stereocenters. The van der Waals surface area contributed by atoms with Crippen LogP contribution in [0.2, 0.25) is 0 Å². The molecule has 0 aromatic carbocycles. The van der Waals surface area contributed by atoms with Gasteiger partial charge in [0.25, 0.3) is 0 Å². The molecular weight excluding hydrogens is 178 g/mol. The summed E-state index contributed by atoms with van der Waals surface area (Å²) < 4.78 is 0. The van der Waals surface area contributed by atoms with Crippen LogP contribution in [-0.2, 0) is 4.79 Å². The molecule has 0 aromatic rings. The van der Waals surface area contributed by atoms with Gasteiger partial charge < -0.3 is 15.3 Å². The Balaban J connectivity index is 2.71. The number of rotatable bonds is 2. The number of hydrogen-bond acceptors (Lipinski definition) is 3. The molecule has 13 heavy (non-hydrogen) atoms. The molecule has 0 spiro atoms. The van der Waals surface area contributed by atoms with E-state index in [1.54, 1.807) is 0 Å². The second kappa shape index (κ2) is 3.61. The van der Waals surface area contributed by atoms with E-state index in [-0.39, 0.29) is 25.5 Å². The van der Waals surface area contributed by atoms with Crippen LogP contribution in [0.5, 0.6) is 0 Å². The minimum absolute atomic E-state index is 0.100. The van der Waals surface area contributed by atoms with E-state index in [1.807, 2.05) is 0 Å². The normalized spacial score (nSPS) is 27.6. The third kappa shape index (κ3) is 1.89. The average Bonchev–Trinajstić information content (AvgIpc) is 2.47. The molecule has 0 radical (unpaired) electrons. The summed E-state index contributed by atoms with van der Waals surface area (Å²) in [6.45, 7) is -0.0731. The summed E-state index contributed by atoms with van der Waals surface area (Å²) in [6, 6.07) is -1.00. The van der Waals surface area contributed by atoms with Crippen LogP contribution in [0.3, 0.4) is 0 Å². The number of hydrogen-bond donors (Lipinski definition) is 3. The van der Waals surface area contributed by atoms with Crippen molar-refractivity contribution in [2.24, 2.45) is 5.92 Å². The van der Waals surface area contributed by atoms with E-state index in [0.717, 1.165) is 4.90 Å². The predicted molar refractivity (Wildman–Crippen MR) is 41.3 cm³/mol. The third-order valence-corrected chi connectivity index (χ3v) is 2.18. The van der Waals surface area contributed by atoms with Gasteiger partial charge in [-0.15, -0.1) is 0 Å². The summed E-state index contributed by atoms with van der Waals surface area (Å²) in [6.07, 6.45) is -1.05. The first kappa shape index (κ1) is 9.79. The van der Waals surface area contributed by atoms with Crippen LogP contribution in [0.25, 0.3) is 0 Å². The fraction of sp³-hybridized carbons (Fsp3) is 0.714. The number of nitrogens with zero attached hydrogens (tertiary/aromatic N) is 1. The number of carboxylic acids is 1. The Morgan fingerprint density at radius 1 is 1.38 bits per heavy atom. The fourth-order valence-corrected chi connectivity index (χ4v) is 1.50. The molecule has 1 amide bonds. The maximum Gasteiger partial charge on any atom is 0.408 e. The van der Waals surface area contributed by atoms with E-state index in [1.165, 1.54) is 0 Å². The lowest BCUT2D eigenvalue weighted by atomic mass is 10.1. The number of amides is 1. The van der Waals surface area contributed by atoms with E-state index < -0.39 is 18.1 Å². The molecule has 2 unspecified atom stereocenters. The molecule has 0 aromatic heterocycles. The summed E-state index contributed by atoms with van der Waals surface area (Å²) in [5.74, 6) is -1.41. The second-order valence-corrected chi connectivity index (χ2v) is 3.07. The van der Waals surface area contributed by atoms with Gasteiger partial charge in [0.15, 0.2) is 0 Å². The van der Waals surface area contributed by atoms with Crippen molar-refractivity contribution in [3.63, 3.8) is 0 Å². The summed E-state index contributed by atoms with van der Waals surface area (Å²) in [7, 11) is 0. The summed E-state index contributed by atoms with van der Waals surface area (Å²) >= 11 is 0. The van der Waals surface area contributed by atoms with Gasteiger partial charge in [-0.3, -0.25) is 4.90 Å². The number of carbonyl (C=O) groups is 2. The minimum atomic E-state index is -1.25. The first-order valence-electron chi connectivity index (χ1n) is 3.89. The molecule has 6 nitrogen and oxygen atoms in total. The fourth-order valence-electron chi connectivity index (χ4n) is 1.50. The van der Waals surface area contributed by atoms with Crippen LogP contribution in [0, 0.1) is 5.92 Å². The van der Waals surface area contributed by atoms with E-state index in [4.69, 9.17) is 15.3 Å². The quantitative estimate of drug-likeness (QED) is 0.540. The van der Waals surface area contributed by atoms with Gasteiger partial charge in [-0.2, -0.15) is 0 Å². The zero-order valence-corrected chi connectivity index (χ0v) is 6.88. The molecule has 0 saturated carbocycles. The van der Waals surface area contributed by atoms with Crippen molar-refractivity contribution >= 4 is 12.1 Å². The van der Waals surface area contributed by atoms with Gasteiger partial charge in [-0.1, -0.05) is 0 Å². The Morgan fingerprint density at radius 2 is 2.00 bits per heavy atom. The number of aliphatic carboxylic acids is 1. The lowest BCUT2D eigenvalue weighted by Gasteiger charge is -2.16. The first-order valence-corrected chi connectivity index (χ1v) is 3.89. The molecule has 6 heteroatoms. The highest BCUT2D eigenvalue weighted by atomic mass is 16.4. The van der Waals surface area contributed by atoms with Crippen molar-refractivity contribution in [2.45, 2.75) is 12.5 Å². The highest BCUT2D eigenvalue weighted by Crippen LogP contribution is 2.22. The Labute approximate surface area is 74.4 Å². The summed E-state index contributed by atoms with van der Waals surface area (Å²) in [5.41, 5.74) is 0. The molecule has 1 saturated heterocycles. The molecule has 1 rings (SSSR count). The molecule has 0 aliphatic carbocycles. The topological polar surface area (TPSA) is 98.1 Å². The largest absolute Gasteiger partial charge is 0.480 e. The van der Waals surface area contributed by atoms with Gasteiger partial charge in [-0.05, 0) is 6.42 Å². The molecule has 1 heterocycles. The van der Waals surface area contributed by atoms with E-state index in [0.29, 0.717) is 0 Å². The Bertz CT molecular complexity index is 207. The number of aliphatic hydroxyl groups excluding tert-OH is 1. The van der Waals surface area contributed by atoms with Crippen molar-refractivity contribution in [1.82, 2.24) is 4.90 Å². The Morgan fingerprint density at radius 3 is 2.31 bits per heavy atom. The zero-order chi connectivity index (χ0) is 10.0. The third-order valence-electron chi connectivity index (χ3n) is 2.18. The number of likely N-dealkylation sites (tertiary alicyclic amines) is 1. The monoisotopic (exact) mass is 189 g/mol. The first-order chi connectivity index (χ1) is 6.06. The van der Waals surface area contributed by atoms with Crippen molar-refractivity contribution in [3.8, 4) is 0 Å². The SMILES string of the molecule is O=C(O)C1CC(CO)CN1C(=O)O. The highest BCUT2D eigenvalue weighted by Gasteiger charge is 2.39. The second-order valence-electron chi connectivity index (χ2n) is 3.07. The van der Waals surface area contributed by atoms with Crippen LogP contribution in [0.15, 0.2) is 0 Å². The van der Waals surface area contributed by atoms with Crippen molar-refractivity contribution in [1.29, 1.82) is 0 Å². The molecule has 1 aliphatic rings. The van der Waals surface area contributed by atoms with E-state index in [9.17, 15) is 9.59 Å². The van der Waals surface area contributed by atoms with Crippen molar-refractivity contribution in [2.75, 3.05) is 13.2 Å². The highest BCUT2D eigenvalue weighted by molar-refractivity contribution is 5.80. The Kier molecular flexibility index (Phi) is 2.72. The molecule has 1 fully saturated rings. The predicted octanol–water partition coefficient (Wildman–Crippen LogP) is -0.568. The van der Waals surface area contributed by atoms with Crippen LogP contribution in [-0.4, -0.2) is 51.5 Å². The maximum absolute atomic E-state index is 10.6. The summed E-state index contributed by atoms with van der Waals surface area (Å²) in [4.78, 5) is 22.0. The van der Waals surface area contributed by atoms with Gasteiger partial charge >= 0.3 is 12.1 Å². The van der Waals surface area contributed by atoms with Crippen LogP contribution >= 0.6 is 0 Å². The smallest absolute Gasteiger partial charge is 0.408 e. The van der Waals surface area contributed by atoms with Gasteiger partial charge in [0, 0.05) is 19.1 Å². The van der Waals surface area contributed by atoms with Gasteiger partial charge in [0.05, 0.1) is 0 Å². The molecule has 1 aliphatic heterocycles. The molecular formula is C7H11NO5. The minimum Gasteiger partial charge on any atom is -0.480 e. The van der Waals surface area contributed by atoms with Gasteiger partial charge in [0.1, 0.15) is 6.04 Å². The number of aliphatic hydroxyl groups is 1. The van der Waals surface area contributed by atoms with E-state index >= 15 is 0 Å². The standard InChI is InChI=1S/C7H11NO5/c9-3-4-1-5(6(10)11)8(2-4)7(12)13/h4-5,9H,1-3H2,(H,10,11)(H,12,13). The van der Waals surface area contributed by atoms with Crippen LogP contribution in [0.4, 0.5) is 4.79 Å². The lowest BCUT2D eigenvalue weighted by molar-refractivity contribution is -0.141. The molecule has 74 valence electrons. The van der Waals surface area contributed by atoms with Crippen LogP contribution in [0.1, 0.15) is 6.42 Å². The van der Waals surface area contributed by atoms with Gasteiger partial charge in [0.2, 0.25) is 0 Å². The zero-order valence-electron chi connectivity index (χ0n) is 6.88. The number of carboxylic acid groups (broad SMARTS) is 2.